The molecule has 1 fully saturated rings. The van der Waals surface area contributed by atoms with Gasteiger partial charge >= 0.3 is 0 Å². The lowest BCUT2D eigenvalue weighted by molar-refractivity contribution is -0.120. The molecule has 1 aromatic carbocycles. The SMILES string of the molecule is Cc1ccccc1C(=O)NCC(=O)NCC1CCCCC1. The number of nitrogens with one attached hydrogen (secondary N) is 2. The summed E-state index contributed by atoms with van der Waals surface area (Å²) < 4.78 is 0. The van der Waals surface area contributed by atoms with Gasteiger partial charge in [0, 0.05) is 12.1 Å². The van der Waals surface area contributed by atoms with Crippen LogP contribution in [0.25, 0.3) is 0 Å². The normalized spacial score (nSPS) is 15.5. The zero-order chi connectivity index (χ0) is 15.1. The van der Waals surface area contributed by atoms with Gasteiger partial charge in [-0.2, -0.15) is 0 Å². The van der Waals surface area contributed by atoms with E-state index in [2.05, 4.69) is 10.6 Å². The third-order valence-corrected chi connectivity index (χ3v) is 4.11. The van der Waals surface area contributed by atoms with Gasteiger partial charge in [0.1, 0.15) is 0 Å². The van der Waals surface area contributed by atoms with Crippen LogP contribution in [0.5, 0.6) is 0 Å². The van der Waals surface area contributed by atoms with E-state index in [0.717, 1.165) is 12.1 Å². The maximum atomic E-state index is 12.0. The average molecular weight is 288 g/mol. The minimum Gasteiger partial charge on any atom is -0.354 e. The number of hydrogen-bond acceptors (Lipinski definition) is 2. The fraction of sp³-hybridized carbons (Fsp3) is 0.529. The highest BCUT2D eigenvalue weighted by Gasteiger charge is 2.15. The molecule has 0 atom stereocenters. The van der Waals surface area contributed by atoms with E-state index in [1.807, 2.05) is 25.1 Å². The molecule has 1 aromatic rings. The Balaban J connectivity index is 1.71. The molecule has 0 unspecified atom stereocenters. The highest BCUT2D eigenvalue weighted by Crippen LogP contribution is 2.22. The molecule has 0 radical (unpaired) electrons. The molecule has 0 heterocycles. The summed E-state index contributed by atoms with van der Waals surface area (Å²) in [5.41, 5.74) is 1.54. The quantitative estimate of drug-likeness (QED) is 0.874. The Morgan fingerprint density at radius 3 is 2.52 bits per heavy atom. The van der Waals surface area contributed by atoms with E-state index >= 15 is 0 Å². The van der Waals surface area contributed by atoms with Crippen LogP contribution in [0.3, 0.4) is 0 Å². The molecular weight excluding hydrogens is 264 g/mol. The molecule has 0 aliphatic heterocycles. The Morgan fingerprint density at radius 1 is 1.10 bits per heavy atom. The van der Waals surface area contributed by atoms with Crippen molar-refractivity contribution in [1.82, 2.24) is 10.6 Å². The minimum absolute atomic E-state index is 0.0416. The second-order valence-corrected chi connectivity index (χ2v) is 5.81. The van der Waals surface area contributed by atoms with Crippen LogP contribution in [0, 0.1) is 12.8 Å². The van der Waals surface area contributed by atoms with Crippen molar-refractivity contribution in [2.24, 2.45) is 5.92 Å². The van der Waals surface area contributed by atoms with E-state index in [0.29, 0.717) is 11.5 Å². The lowest BCUT2D eigenvalue weighted by atomic mass is 9.89. The van der Waals surface area contributed by atoms with Crippen LogP contribution in [0.2, 0.25) is 0 Å². The fourth-order valence-corrected chi connectivity index (χ4v) is 2.80. The third kappa shape index (κ3) is 4.88. The summed E-state index contributed by atoms with van der Waals surface area (Å²) in [4.78, 5) is 23.8. The second kappa shape index (κ2) is 7.81. The Bertz CT molecular complexity index is 493. The Labute approximate surface area is 126 Å². The van der Waals surface area contributed by atoms with Crippen LogP contribution in [-0.2, 0) is 4.79 Å². The van der Waals surface area contributed by atoms with Gasteiger partial charge in [0.05, 0.1) is 6.54 Å². The van der Waals surface area contributed by atoms with Gasteiger partial charge < -0.3 is 10.6 Å². The number of carbonyl (C=O) groups excluding carboxylic acids is 2. The number of aryl methyl sites for hydroxylation is 1. The largest absolute Gasteiger partial charge is 0.354 e. The van der Waals surface area contributed by atoms with Crippen molar-refractivity contribution in [2.75, 3.05) is 13.1 Å². The van der Waals surface area contributed by atoms with E-state index < -0.39 is 0 Å². The Kier molecular flexibility index (Phi) is 5.78. The van der Waals surface area contributed by atoms with Crippen LogP contribution >= 0.6 is 0 Å². The molecule has 1 saturated carbocycles. The summed E-state index contributed by atoms with van der Waals surface area (Å²) in [7, 11) is 0. The monoisotopic (exact) mass is 288 g/mol. The standard InChI is InChI=1S/C17H24N2O2/c1-13-7-5-6-10-15(13)17(21)19-12-16(20)18-11-14-8-3-2-4-9-14/h5-7,10,14H,2-4,8-9,11-12H2,1H3,(H,18,20)(H,19,21). The lowest BCUT2D eigenvalue weighted by Crippen LogP contribution is -2.39. The number of rotatable bonds is 5. The third-order valence-electron chi connectivity index (χ3n) is 4.11. The zero-order valence-corrected chi connectivity index (χ0v) is 12.7. The highest BCUT2D eigenvalue weighted by molar-refractivity contribution is 5.97. The van der Waals surface area contributed by atoms with Gasteiger partial charge in [-0.3, -0.25) is 9.59 Å². The summed E-state index contributed by atoms with van der Waals surface area (Å²) in [6.45, 7) is 2.66. The maximum Gasteiger partial charge on any atom is 0.251 e. The van der Waals surface area contributed by atoms with Crippen LogP contribution < -0.4 is 10.6 Å². The maximum absolute atomic E-state index is 12.0. The minimum atomic E-state index is -0.194. The topological polar surface area (TPSA) is 58.2 Å². The average Bonchev–Trinajstić information content (AvgIpc) is 2.52. The molecule has 4 nitrogen and oxygen atoms in total. The lowest BCUT2D eigenvalue weighted by Gasteiger charge is -2.21. The number of hydrogen-bond donors (Lipinski definition) is 2. The summed E-state index contributed by atoms with van der Waals surface area (Å²) in [5, 5.41) is 5.60. The smallest absolute Gasteiger partial charge is 0.251 e. The first-order valence-corrected chi connectivity index (χ1v) is 7.77. The van der Waals surface area contributed by atoms with Crippen LogP contribution in [0.15, 0.2) is 24.3 Å². The van der Waals surface area contributed by atoms with Gasteiger partial charge in [-0.1, -0.05) is 37.5 Å². The van der Waals surface area contributed by atoms with Crippen LogP contribution in [0.1, 0.15) is 48.0 Å². The second-order valence-electron chi connectivity index (χ2n) is 5.81. The molecule has 4 heteroatoms. The summed E-state index contributed by atoms with van der Waals surface area (Å²) in [6, 6.07) is 7.37. The van der Waals surface area contributed by atoms with Gasteiger partial charge in [-0.25, -0.2) is 0 Å². The molecule has 2 N–H and O–H groups in total. The molecule has 2 rings (SSSR count). The zero-order valence-electron chi connectivity index (χ0n) is 12.7. The van der Waals surface area contributed by atoms with E-state index in [1.54, 1.807) is 6.07 Å². The van der Waals surface area contributed by atoms with Crippen molar-refractivity contribution in [1.29, 1.82) is 0 Å². The van der Waals surface area contributed by atoms with Crippen molar-refractivity contribution >= 4 is 11.8 Å². The van der Waals surface area contributed by atoms with Crippen LogP contribution in [-0.4, -0.2) is 24.9 Å². The van der Waals surface area contributed by atoms with Crippen LogP contribution in [0.4, 0.5) is 0 Å². The number of benzene rings is 1. The molecule has 0 bridgehead atoms. The molecule has 1 aliphatic rings. The van der Waals surface area contributed by atoms with E-state index in [4.69, 9.17) is 0 Å². The molecule has 0 saturated heterocycles. The first-order valence-electron chi connectivity index (χ1n) is 7.77. The van der Waals surface area contributed by atoms with Gasteiger partial charge in [-0.15, -0.1) is 0 Å². The fourth-order valence-electron chi connectivity index (χ4n) is 2.80. The Hall–Kier alpha value is -1.84. The van der Waals surface area contributed by atoms with E-state index in [-0.39, 0.29) is 18.4 Å². The van der Waals surface area contributed by atoms with E-state index in [1.165, 1.54) is 32.1 Å². The predicted octanol–water partition coefficient (Wildman–Crippen LogP) is 2.42. The van der Waals surface area contributed by atoms with E-state index in [9.17, 15) is 9.59 Å². The first kappa shape index (κ1) is 15.5. The van der Waals surface area contributed by atoms with Crippen molar-refractivity contribution in [2.45, 2.75) is 39.0 Å². The molecule has 0 spiro atoms. The molecule has 0 aromatic heterocycles. The van der Waals surface area contributed by atoms with Gasteiger partial charge in [0.2, 0.25) is 5.91 Å². The van der Waals surface area contributed by atoms with Crippen molar-refractivity contribution < 1.29 is 9.59 Å². The Morgan fingerprint density at radius 2 is 1.81 bits per heavy atom. The molecule has 21 heavy (non-hydrogen) atoms. The van der Waals surface area contributed by atoms with Crippen molar-refractivity contribution in [3.63, 3.8) is 0 Å². The molecule has 2 amide bonds. The number of carbonyl (C=O) groups is 2. The summed E-state index contributed by atoms with van der Waals surface area (Å²) >= 11 is 0. The highest BCUT2D eigenvalue weighted by atomic mass is 16.2. The van der Waals surface area contributed by atoms with Gasteiger partial charge in [0.25, 0.3) is 5.91 Å². The number of amides is 2. The predicted molar refractivity (Wildman–Crippen MR) is 83.1 cm³/mol. The molecular formula is C17H24N2O2. The molecule has 1 aliphatic carbocycles. The summed E-state index contributed by atoms with van der Waals surface area (Å²) in [6.07, 6.45) is 6.26. The first-order chi connectivity index (χ1) is 10.2. The molecule has 114 valence electrons. The summed E-state index contributed by atoms with van der Waals surface area (Å²) in [5.74, 6) is 0.304. The van der Waals surface area contributed by atoms with Crippen molar-refractivity contribution in [3.05, 3.63) is 35.4 Å². The van der Waals surface area contributed by atoms with Gasteiger partial charge in [0.15, 0.2) is 0 Å². The van der Waals surface area contributed by atoms with Crippen molar-refractivity contribution in [3.8, 4) is 0 Å². The van der Waals surface area contributed by atoms with Gasteiger partial charge in [-0.05, 0) is 37.3 Å².